The highest BCUT2D eigenvalue weighted by Crippen LogP contribution is 2.29. The Bertz CT molecular complexity index is 628. The van der Waals surface area contributed by atoms with Crippen molar-refractivity contribution in [3.05, 3.63) is 29.3 Å². The largest absolute Gasteiger partial charge is 0.538 e. The normalized spacial score (nSPS) is 12.1. The molecule has 0 saturated heterocycles. The van der Waals surface area contributed by atoms with Crippen molar-refractivity contribution in [3.8, 4) is 5.95 Å². The predicted molar refractivity (Wildman–Crippen MR) is 77.1 cm³/mol. The minimum Gasteiger partial charge on any atom is -0.538 e. The Kier molecular flexibility index (Phi) is 5.08. The molecule has 1 aromatic heterocycles. The van der Waals surface area contributed by atoms with Gasteiger partial charge in [-0.2, -0.15) is 0 Å². The Balaban J connectivity index is 2.11. The number of halogens is 1. The van der Waals surface area contributed by atoms with Crippen LogP contribution < -0.4 is 15.1 Å². The van der Waals surface area contributed by atoms with Crippen molar-refractivity contribution >= 4 is 35.0 Å². The van der Waals surface area contributed by atoms with Crippen LogP contribution in [0.25, 0.3) is 0 Å². The van der Waals surface area contributed by atoms with Crippen molar-refractivity contribution in [3.63, 3.8) is 0 Å². The fourth-order valence-electron chi connectivity index (χ4n) is 1.66. The highest BCUT2D eigenvalue weighted by Gasteiger charge is 2.25. The van der Waals surface area contributed by atoms with E-state index in [1.54, 1.807) is 31.3 Å². The number of aryl methyl sites for hydroxylation is 1. The van der Waals surface area contributed by atoms with Crippen LogP contribution in [0.5, 0.6) is 5.95 Å². The quantitative estimate of drug-likeness (QED) is 0.668. The number of nitrogens with one attached hydrogen (secondary N) is 1. The number of nitrogens with zero attached hydrogens (tertiary/aromatic N) is 2. The molecule has 8 heteroatoms. The van der Waals surface area contributed by atoms with E-state index in [9.17, 15) is 9.90 Å². The van der Waals surface area contributed by atoms with E-state index in [-0.39, 0.29) is 10.9 Å². The minimum absolute atomic E-state index is 0.226. The van der Waals surface area contributed by atoms with Crippen molar-refractivity contribution in [2.45, 2.75) is 23.6 Å². The van der Waals surface area contributed by atoms with Gasteiger partial charge in [0.05, 0.1) is 21.2 Å². The molecule has 1 heterocycles. The standard InChI is InChI=1S/C13H14ClN3O3S/c1-3-10(21-12-13(19)20-16-17(12)2)11(18)15-9-7-5-4-6-8(9)14/h4-7,10H,3H2,1-2H3,(H-,15,16,18,19). The van der Waals surface area contributed by atoms with Crippen LogP contribution >= 0.6 is 23.4 Å². The molecule has 1 amide bonds. The fraction of sp³-hybridized carbons (Fsp3) is 0.308. The van der Waals surface area contributed by atoms with Crippen LogP contribution in [0.1, 0.15) is 13.3 Å². The average molecular weight is 328 g/mol. The molecule has 112 valence electrons. The van der Waals surface area contributed by atoms with Crippen molar-refractivity contribution in [2.75, 3.05) is 5.32 Å². The predicted octanol–water partition coefficient (Wildman–Crippen LogP) is 1.74. The first-order chi connectivity index (χ1) is 10.0. The van der Waals surface area contributed by atoms with Crippen LogP contribution in [0.3, 0.4) is 0 Å². The molecule has 21 heavy (non-hydrogen) atoms. The zero-order valence-electron chi connectivity index (χ0n) is 11.5. The topological polar surface area (TPSA) is 82.1 Å². The second kappa shape index (κ2) is 6.82. The molecule has 1 atom stereocenters. The van der Waals surface area contributed by atoms with E-state index in [1.165, 1.54) is 4.68 Å². The first-order valence-electron chi connectivity index (χ1n) is 6.28. The van der Waals surface area contributed by atoms with Gasteiger partial charge >= 0.3 is 0 Å². The maximum Gasteiger partial charge on any atom is 0.291 e. The highest BCUT2D eigenvalue weighted by atomic mass is 35.5. The molecule has 0 saturated carbocycles. The third-order valence-electron chi connectivity index (χ3n) is 2.76. The number of carbonyl (C=O) groups is 1. The third kappa shape index (κ3) is 3.68. The van der Waals surface area contributed by atoms with Gasteiger partial charge in [0.25, 0.3) is 5.03 Å². The lowest BCUT2D eigenvalue weighted by Gasteiger charge is -2.13. The number of hydrogen-bond donors (Lipinski definition) is 1. The van der Waals surface area contributed by atoms with Crippen LogP contribution in [0.2, 0.25) is 5.02 Å². The zero-order valence-corrected chi connectivity index (χ0v) is 13.1. The second-order valence-electron chi connectivity index (χ2n) is 4.27. The summed E-state index contributed by atoms with van der Waals surface area (Å²) in [6.45, 7) is 1.86. The first-order valence-corrected chi connectivity index (χ1v) is 7.53. The summed E-state index contributed by atoms with van der Waals surface area (Å²) in [7, 11) is 1.59. The molecular formula is C13H14ClN3O3S. The summed E-state index contributed by atoms with van der Waals surface area (Å²) in [6, 6.07) is 6.98. The van der Waals surface area contributed by atoms with Gasteiger partial charge in [-0.15, -0.1) is 0 Å². The van der Waals surface area contributed by atoms with Gasteiger partial charge < -0.3 is 14.9 Å². The molecule has 1 N–H and O–H groups in total. The van der Waals surface area contributed by atoms with E-state index in [2.05, 4.69) is 15.1 Å². The Morgan fingerprint density at radius 1 is 1.57 bits per heavy atom. The molecule has 2 aromatic rings. The first kappa shape index (κ1) is 15.7. The lowest BCUT2D eigenvalue weighted by molar-refractivity contribution is -0.772. The number of anilines is 1. The summed E-state index contributed by atoms with van der Waals surface area (Å²) in [5.41, 5.74) is 0.542. The van der Waals surface area contributed by atoms with E-state index in [4.69, 9.17) is 11.6 Å². The van der Waals surface area contributed by atoms with Crippen LogP contribution in [0.15, 0.2) is 33.8 Å². The van der Waals surface area contributed by atoms with Crippen LogP contribution in [-0.4, -0.2) is 16.4 Å². The molecule has 1 aromatic carbocycles. The smallest absolute Gasteiger partial charge is 0.291 e. The molecule has 0 fully saturated rings. The lowest BCUT2D eigenvalue weighted by Crippen LogP contribution is -2.34. The van der Waals surface area contributed by atoms with Gasteiger partial charge in [0, 0.05) is 0 Å². The van der Waals surface area contributed by atoms with Gasteiger partial charge in [0.2, 0.25) is 5.91 Å². The SMILES string of the molecule is CCC(Sc1c([O-])on[n+]1C)C(=O)Nc1ccccc1Cl. The third-order valence-corrected chi connectivity index (χ3v) is 4.58. The number of para-hydroxylation sites is 1. The molecule has 0 aliphatic heterocycles. The van der Waals surface area contributed by atoms with Crippen molar-refractivity contribution < 1.29 is 19.1 Å². The maximum absolute atomic E-state index is 12.3. The van der Waals surface area contributed by atoms with E-state index < -0.39 is 11.2 Å². The van der Waals surface area contributed by atoms with Gasteiger partial charge in [-0.1, -0.05) is 35.3 Å². The molecule has 2 rings (SSSR count). The molecule has 6 nitrogen and oxygen atoms in total. The van der Waals surface area contributed by atoms with Gasteiger partial charge in [0.1, 0.15) is 0 Å². The molecule has 0 radical (unpaired) electrons. The minimum atomic E-state index is -0.550. The van der Waals surface area contributed by atoms with Crippen LogP contribution in [0, 0.1) is 0 Å². The van der Waals surface area contributed by atoms with E-state index in [1.807, 2.05) is 6.92 Å². The number of amides is 1. The summed E-state index contributed by atoms with van der Waals surface area (Å²) in [5, 5.41) is 18.1. The van der Waals surface area contributed by atoms with Crippen molar-refractivity contribution in [1.29, 1.82) is 0 Å². The van der Waals surface area contributed by atoms with Gasteiger partial charge in [0.15, 0.2) is 13.0 Å². The average Bonchev–Trinajstić information content (AvgIpc) is 2.78. The number of aromatic nitrogens is 2. The Morgan fingerprint density at radius 2 is 2.29 bits per heavy atom. The van der Waals surface area contributed by atoms with Crippen LogP contribution in [0.4, 0.5) is 5.69 Å². The number of hydrogen-bond acceptors (Lipinski definition) is 5. The number of benzene rings is 1. The maximum atomic E-state index is 12.3. The number of thioether (sulfide) groups is 1. The zero-order chi connectivity index (χ0) is 15.4. The summed E-state index contributed by atoms with van der Waals surface area (Å²) < 4.78 is 5.86. The molecule has 0 bridgehead atoms. The highest BCUT2D eigenvalue weighted by molar-refractivity contribution is 8.00. The Labute approximate surface area is 131 Å². The van der Waals surface area contributed by atoms with E-state index in [0.29, 0.717) is 17.1 Å². The summed E-state index contributed by atoms with van der Waals surface area (Å²) in [6.07, 6.45) is 0.547. The van der Waals surface area contributed by atoms with E-state index in [0.717, 1.165) is 11.8 Å². The van der Waals surface area contributed by atoms with E-state index >= 15 is 0 Å². The van der Waals surface area contributed by atoms with Gasteiger partial charge in [-0.05, 0) is 30.3 Å². The number of rotatable bonds is 5. The van der Waals surface area contributed by atoms with Crippen molar-refractivity contribution in [2.24, 2.45) is 7.05 Å². The summed E-state index contributed by atoms with van der Waals surface area (Å²) in [5.74, 6) is -0.775. The van der Waals surface area contributed by atoms with Gasteiger partial charge in [-0.25, -0.2) is 0 Å². The Hall–Kier alpha value is -1.73. The van der Waals surface area contributed by atoms with Crippen LogP contribution in [-0.2, 0) is 11.8 Å². The van der Waals surface area contributed by atoms with Gasteiger partial charge in [-0.3, -0.25) is 4.79 Å². The molecule has 0 spiro atoms. The lowest BCUT2D eigenvalue weighted by atomic mass is 10.2. The fourth-order valence-corrected chi connectivity index (χ4v) is 2.77. The Morgan fingerprint density at radius 3 is 2.86 bits per heavy atom. The second-order valence-corrected chi connectivity index (χ2v) is 5.87. The number of carbonyl (C=O) groups excluding carboxylic acids is 1. The van der Waals surface area contributed by atoms with Crippen molar-refractivity contribution in [1.82, 2.24) is 5.27 Å². The molecule has 1 unspecified atom stereocenters. The molecule has 0 aliphatic carbocycles. The summed E-state index contributed by atoms with van der Waals surface area (Å²) >= 11 is 7.13. The molecule has 0 aliphatic rings. The molecular weight excluding hydrogens is 314 g/mol. The monoisotopic (exact) mass is 327 g/mol. The summed E-state index contributed by atoms with van der Waals surface area (Å²) in [4.78, 5) is 12.3.